The van der Waals surface area contributed by atoms with Gasteiger partial charge >= 0.3 is 0 Å². The van der Waals surface area contributed by atoms with Crippen molar-refractivity contribution in [1.82, 2.24) is 14.9 Å². The van der Waals surface area contributed by atoms with Crippen LogP contribution >= 0.6 is 23.1 Å². The predicted octanol–water partition coefficient (Wildman–Crippen LogP) is 4.49. The first-order valence-corrected chi connectivity index (χ1v) is 8.34. The second kappa shape index (κ2) is 7.07. The van der Waals surface area contributed by atoms with E-state index in [0.717, 1.165) is 17.1 Å². The van der Waals surface area contributed by atoms with Crippen LogP contribution in [0.25, 0.3) is 11.3 Å². The Hall–Kier alpha value is -2.31. The lowest BCUT2D eigenvalue weighted by Gasteiger charge is -2.14. The molecule has 1 unspecified atom stereocenters. The molecule has 1 aromatic heterocycles. The highest BCUT2D eigenvalue weighted by Crippen LogP contribution is 2.25. The summed E-state index contributed by atoms with van der Waals surface area (Å²) in [5.74, 6) is -0.615. The molecule has 122 valence electrons. The van der Waals surface area contributed by atoms with Crippen molar-refractivity contribution in [2.75, 3.05) is 0 Å². The van der Waals surface area contributed by atoms with Gasteiger partial charge in [-0.25, -0.2) is 4.39 Å². The van der Waals surface area contributed by atoms with Gasteiger partial charge in [0, 0.05) is 10.6 Å². The summed E-state index contributed by atoms with van der Waals surface area (Å²) in [6.07, 6.45) is 0. The van der Waals surface area contributed by atoms with E-state index in [0.29, 0.717) is 21.2 Å². The van der Waals surface area contributed by atoms with Gasteiger partial charge in [-0.1, -0.05) is 28.2 Å². The van der Waals surface area contributed by atoms with Gasteiger partial charge in [-0.05, 0) is 60.4 Å². The fourth-order valence-corrected chi connectivity index (χ4v) is 2.95. The van der Waals surface area contributed by atoms with E-state index < -0.39 is 0 Å². The highest BCUT2D eigenvalue weighted by molar-refractivity contribution is 7.08. The molecule has 1 heterocycles. The summed E-state index contributed by atoms with van der Waals surface area (Å²) in [5, 5.41) is 7.55. The van der Waals surface area contributed by atoms with Crippen molar-refractivity contribution in [2.45, 2.75) is 13.0 Å². The molecule has 3 rings (SSSR count). The first kappa shape index (κ1) is 16.5. The number of carbonyl (C=O) groups is 1. The molecule has 0 saturated carbocycles. The molecule has 0 bridgehead atoms. The zero-order valence-corrected chi connectivity index (χ0v) is 14.2. The molecule has 0 fully saturated rings. The number of hydrogen-bond donors (Lipinski definition) is 1. The summed E-state index contributed by atoms with van der Waals surface area (Å²) in [6, 6.07) is 12.9. The Balaban J connectivity index is 1.80. The fourth-order valence-electron chi connectivity index (χ4n) is 2.23. The van der Waals surface area contributed by atoms with E-state index in [2.05, 4.69) is 14.9 Å². The number of aromatic nitrogens is 2. The number of amides is 1. The van der Waals surface area contributed by atoms with E-state index in [4.69, 9.17) is 11.6 Å². The van der Waals surface area contributed by atoms with Crippen molar-refractivity contribution in [3.05, 3.63) is 69.8 Å². The third-order valence-corrected chi connectivity index (χ3v) is 4.51. The van der Waals surface area contributed by atoms with Crippen molar-refractivity contribution in [2.24, 2.45) is 0 Å². The SMILES string of the molecule is CC(NC(=O)c1snnc1-c1ccc(F)cc1)c1ccc(Cl)cc1. The first-order valence-electron chi connectivity index (χ1n) is 7.19. The molecule has 4 nitrogen and oxygen atoms in total. The third-order valence-electron chi connectivity index (χ3n) is 3.53. The molecule has 2 aromatic carbocycles. The second-order valence-corrected chi connectivity index (χ2v) is 6.39. The maximum atomic E-state index is 13.1. The molecule has 0 aliphatic heterocycles. The fraction of sp³-hybridized carbons (Fsp3) is 0.118. The molecule has 1 N–H and O–H groups in total. The van der Waals surface area contributed by atoms with Crippen molar-refractivity contribution in [3.63, 3.8) is 0 Å². The van der Waals surface area contributed by atoms with E-state index in [1.807, 2.05) is 19.1 Å². The number of benzene rings is 2. The Kier molecular flexibility index (Phi) is 4.87. The molecule has 0 spiro atoms. The second-order valence-electron chi connectivity index (χ2n) is 5.20. The summed E-state index contributed by atoms with van der Waals surface area (Å²) in [6.45, 7) is 1.88. The van der Waals surface area contributed by atoms with Crippen LogP contribution < -0.4 is 5.32 Å². The van der Waals surface area contributed by atoms with Crippen LogP contribution in [0, 0.1) is 5.82 Å². The zero-order valence-electron chi connectivity index (χ0n) is 12.7. The molecule has 24 heavy (non-hydrogen) atoms. The van der Waals surface area contributed by atoms with Crippen molar-refractivity contribution < 1.29 is 9.18 Å². The topological polar surface area (TPSA) is 54.9 Å². The van der Waals surface area contributed by atoms with Crippen LogP contribution in [0.15, 0.2) is 48.5 Å². The molecule has 0 aliphatic carbocycles. The van der Waals surface area contributed by atoms with Gasteiger partial charge in [0.1, 0.15) is 16.4 Å². The number of hydrogen-bond acceptors (Lipinski definition) is 4. The summed E-state index contributed by atoms with van der Waals surface area (Å²) in [4.78, 5) is 12.9. The Bertz CT molecular complexity index is 849. The highest BCUT2D eigenvalue weighted by Gasteiger charge is 2.20. The minimum absolute atomic E-state index is 0.196. The number of rotatable bonds is 4. The standard InChI is InChI=1S/C17H13ClFN3OS/c1-10(11-2-6-13(18)7-3-11)20-17(23)16-15(21-22-24-16)12-4-8-14(19)9-5-12/h2-10H,1H3,(H,20,23). The number of nitrogens with one attached hydrogen (secondary N) is 1. The molecular formula is C17H13ClFN3OS. The maximum Gasteiger partial charge on any atom is 0.265 e. The summed E-state index contributed by atoms with van der Waals surface area (Å²) in [5.41, 5.74) is 2.03. The van der Waals surface area contributed by atoms with E-state index in [9.17, 15) is 9.18 Å². The van der Waals surface area contributed by atoms with E-state index in [1.165, 1.54) is 12.1 Å². The molecule has 1 atom stereocenters. The molecule has 0 saturated heterocycles. The lowest BCUT2D eigenvalue weighted by molar-refractivity contribution is 0.0944. The minimum Gasteiger partial charge on any atom is -0.345 e. The smallest absolute Gasteiger partial charge is 0.265 e. The lowest BCUT2D eigenvalue weighted by atomic mass is 10.1. The van der Waals surface area contributed by atoms with Crippen LogP contribution in [-0.4, -0.2) is 15.5 Å². The van der Waals surface area contributed by atoms with Gasteiger partial charge in [-0.3, -0.25) is 4.79 Å². The normalized spacial score (nSPS) is 12.0. The number of carbonyl (C=O) groups excluding carboxylic acids is 1. The molecule has 0 aliphatic rings. The van der Waals surface area contributed by atoms with Gasteiger partial charge < -0.3 is 5.32 Å². The predicted molar refractivity (Wildman–Crippen MR) is 92.6 cm³/mol. The van der Waals surface area contributed by atoms with Crippen LogP contribution in [0.3, 0.4) is 0 Å². The van der Waals surface area contributed by atoms with Gasteiger partial charge in [0.15, 0.2) is 0 Å². The highest BCUT2D eigenvalue weighted by atomic mass is 35.5. The third kappa shape index (κ3) is 3.60. The summed E-state index contributed by atoms with van der Waals surface area (Å²) >= 11 is 6.88. The van der Waals surface area contributed by atoms with E-state index >= 15 is 0 Å². The van der Waals surface area contributed by atoms with E-state index in [1.54, 1.807) is 24.3 Å². The zero-order chi connectivity index (χ0) is 17.1. The summed E-state index contributed by atoms with van der Waals surface area (Å²) in [7, 11) is 0. The molecular weight excluding hydrogens is 349 g/mol. The molecule has 1 amide bonds. The van der Waals surface area contributed by atoms with Crippen LogP contribution in [0.4, 0.5) is 4.39 Å². The Morgan fingerprint density at radius 3 is 2.50 bits per heavy atom. The summed E-state index contributed by atoms with van der Waals surface area (Å²) < 4.78 is 16.9. The lowest BCUT2D eigenvalue weighted by Crippen LogP contribution is -2.26. The van der Waals surface area contributed by atoms with Gasteiger partial charge in [-0.2, -0.15) is 0 Å². The minimum atomic E-state index is -0.343. The maximum absolute atomic E-state index is 13.1. The average Bonchev–Trinajstić information content (AvgIpc) is 3.06. The molecule has 7 heteroatoms. The number of nitrogens with zero attached hydrogens (tertiary/aromatic N) is 2. The van der Waals surface area contributed by atoms with Crippen LogP contribution in [0.5, 0.6) is 0 Å². The number of halogens is 2. The Morgan fingerprint density at radius 1 is 1.17 bits per heavy atom. The monoisotopic (exact) mass is 361 g/mol. The average molecular weight is 362 g/mol. The largest absolute Gasteiger partial charge is 0.345 e. The van der Waals surface area contributed by atoms with Gasteiger partial charge in [0.25, 0.3) is 5.91 Å². The van der Waals surface area contributed by atoms with Gasteiger partial charge in [-0.15, -0.1) is 5.10 Å². The van der Waals surface area contributed by atoms with Crippen molar-refractivity contribution in [3.8, 4) is 11.3 Å². The van der Waals surface area contributed by atoms with Crippen LogP contribution in [0.2, 0.25) is 5.02 Å². The van der Waals surface area contributed by atoms with Crippen molar-refractivity contribution in [1.29, 1.82) is 0 Å². The van der Waals surface area contributed by atoms with Gasteiger partial charge in [0.05, 0.1) is 6.04 Å². The van der Waals surface area contributed by atoms with Gasteiger partial charge in [0.2, 0.25) is 0 Å². The molecule has 0 radical (unpaired) electrons. The Labute approximate surface area is 147 Å². The molecule has 3 aromatic rings. The van der Waals surface area contributed by atoms with Crippen LogP contribution in [0.1, 0.15) is 28.2 Å². The van der Waals surface area contributed by atoms with Crippen molar-refractivity contribution >= 4 is 29.0 Å². The first-order chi connectivity index (χ1) is 11.5. The quantitative estimate of drug-likeness (QED) is 0.745. The van der Waals surface area contributed by atoms with E-state index in [-0.39, 0.29) is 17.8 Å². The Morgan fingerprint density at radius 2 is 1.83 bits per heavy atom. The van der Waals surface area contributed by atoms with Crippen LogP contribution in [-0.2, 0) is 0 Å².